The summed E-state index contributed by atoms with van der Waals surface area (Å²) in [5.74, 6) is 0. The van der Waals surface area contributed by atoms with Gasteiger partial charge in [-0.2, -0.15) is 0 Å². The lowest BCUT2D eigenvalue weighted by Crippen LogP contribution is -2.10. The van der Waals surface area contributed by atoms with Crippen LogP contribution < -0.4 is 0 Å². The molecule has 0 N–H and O–H groups in total. The van der Waals surface area contributed by atoms with E-state index in [1.54, 1.807) is 0 Å². The van der Waals surface area contributed by atoms with Crippen LogP contribution in [0.2, 0.25) is 0 Å². The molecule has 0 amide bonds. The Morgan fingerprint density at radius 3 is 1.90 bits per heavy atom. The van der Waals surface area contributed by atoms with Gasteiger partial charge in [0.25, 0.3) is 0 Å². The van der Waals surface area contributed by atoms with E-state index < -0.39 is 0 Å². The van der Waals surface area contributed by atoms with Crippen LogP contribution in [0.5, 0.6) is 0 Å². The molecule has 1 aromatic rings. The Hall–Kier alpha value is -0.780. The monoisotopic (exact) mass is 133 g/mol. The molecule has 0 aliphatic heterocycles. The highest BCUT2D eigenvalue weighted by molar-refractivity contribution is 5.24. The van der Waals surface area contributed by atoms with Crippen molar-refractivity contribution >= 4 is 0 Å². The lowest BCUT2D eigenvalue weighted by Gasteiger charge is -2.17. The Kier molecular flexibility index (Phi) is 1.80. The number of hydrogen-bond acceptors (Lipinski definition) is 0. The van der Waals surface area contributed by atoms with Gasteiger partial charge in [0.1, 0.15) is 0 Å². The van der Waals surface area contributed by atoms with Crippen molar-refractivity contribution in [3.05, 3.63) is 42.8 Å². The van der Waals surface area contributed by atoms with Gasteiger partial charge in [0.2, 0.25) is 0 Å². The van der Waals surface area contributed by atoms with Crippen molar-refractivity contribution in [2.75, 3.05) is 0 Å². The van der Waals surface area contributed by atoms with E-state index in [1.165, 1.54) is 5.56 Å². The van der Waals surface area contributed by atoms with Crippen molar-refractivity contribution in [3.63, 3.8) is 0 Å². The van der Waals surface area contributed by atoms with Gasteiger partial charge in [-0.1, -0.05) is 44.2 Å². The zero-order valence-corrected chi connectivity index (χ0v) is 6.59. The Balaban J connectivity index is 2.97. The van der Waals surface area contributed by atoms with Crippen molar-refractivity contribution < 1.29 is 0 Å². The van der Waals surface area contributed by atoms with Gasteiger partial charge < -0.3 is 0 Å². The predicted octanol–water partition coefficient (Wildman–Crippen LogP) is 2.80. The maximum absolute atomic E-state index is 4.04. The third-order valence-electron chi connectivity index (χ3n) is 1.56. The molecule has 0 fully saturated rings. The van der Waals surface area contributed by atoms with Crippen LogP contribution in [0.1, 0.15) is 19.4 Å². The minimum absolute atomic E-state index is 0.0429. The van der Waals surface area contributed by atoms with Gasteiger partial charge in [-0.15, -0.1) is 0 Å². The van der Waals surface area contributed by atoms with E-state index >= 15 is 0 Å². The molecule has 1 rings (SSSR count). The van der Waals surface area contributed by atoms with Gasteiger partial charge >= 0.3 is 0 Å². The van der Waals surface area contributed by atoms with Crippen LogP contribution in [0.25, 0.3) is 0 Å². The summed E-state index contributed by atoms with van der Waals surface area (Å²) in [6, 6.07) is 10.3. The Bertz CT molecular complexity index is 191. The molecular weight excluding hydrogens is 120 g/mol. The summed E-state index contributed by atoms with van der Waals surface area (Å²) in [4.78, 5) is 0. The van der Waals surface area contributed by atoms with Crippen molar-refractivity contribution in [1.82, 2.24) is 0 Å². The summed E-state index contributed by atoms with van der Waals surface area (Å²) < 4.78 is 0. The normalized spacial score (nSPS) is 11.5. The van der Waals surface area contributed by atoms with Crippen LogP contribution in [0.15, 0.2) is 30.3 Å². The fourth-order valence-electron chi connectivity index (χ4n) is 0.889. The first kappa shape index (κ1) is 7.33. The largest absolute Gasteiger partial charge is 0.0622 e. The number of rotatable bonds is 1. The van der Waals surface area contributed by atoms with Crippen LogP contribution in [0.4, 0.5) is 0 Å². The highest BCUT2D eigenvalue weighted by Gasteiger charge is 2.11. The zero-order chi connectivity index (χ0) is 7.61. The topological polar surface area (TPSA) is 0 Å². The lowest BCUT2D eigenvalue weighted by atomic mass is 9.87. The van der Waals surface area contributed by atoms with Crippen molar-refractivity contribution in [3.8, 4) is 0 Å². The molecule has 0 atom stereocenters. The summed E-state index contributed by atoms with van der Waals surface area (Å²) in [5, 5.41) is 0. The highest BCUT2D eigenvalue weighted by atomic mass is 14.2. The van der Waals surface area contributed by atoms with E-state index in [1.807, 2.05) is 18.2 Å². The SMILES string of the molecule is [CH2]C(C)(C)c1ccccc1. The van der Waals surface area contributed by atoms with E-state index in [2.05, 4.69) is 32.9 Å². The zero-order valence-electron chi connectivity index (χ0n) is 6.59. The Morgan fingerprint density at radius 2 is 1.60 bits per heavy atom. The molecule has 0 heterocycles. The van der Waals surface area contributed by atoms with Crippen LogP contribution >= 0.6 is 0 Å². The predicted molar refractivity (Wildman–Crippen MR) is 44.8 cm³/mol. The molecule has 0 saturated heterocycles. The number of hydrogen-bond donors (Lipinski definition) is 0. The molecule has 10 heavy (non-hydrogen) atoms. The van der Waals surface area contributed by atoms with Crippen LogP contribution in [0, 0.1) is 6.92 Å². The van der Waals surface area contributed by atoms with Gasteiger partial charge in [0, 0.05) is 0 Å². The fraction of sp³-hybridized carbons (Fsp3) is 0.300. The summed E-state index contributed by atoms with van der Waals surface area (Å²) in [6.45, 7) is 8.27. The second-order valence-corrected chi connectivity index (χ2v) is 3.25. The maximum atomic E-state index is 4.04. The first-order valence-corrected chi connectivity index (χ1v) is 3.51. The third-order valence-corrected chi connectivity index (χ3v) is 1.56. The summed E-state index contributed by atoms with van der Waals surface area (Å²) >= 11 is 0. The highest BCUT2D eigenvalue weighted by Crippen LogP contribution is 2.20. The summed E-state index contributed by atoms with van der Waals surface area (Å²) in [7, 11) is 0. The molecule has 0 heteroatoms. The lowest BCUT2D eigenvalue weighted by molar-refractivity contribution is 0.665. The van der Waals surface area contributed by atoms with E-state index in [0.29, 0.717) is 0 Å². The van der Waals surface area contributed by atoms with Gasteiger partial charge in [0.05, 0.1) is 0 Å². The minimum Gasteiger partial charge on any atom is -0.0622 e. The van der Waals surface area contributed by atoms with Crippen LogP contribution in [-0.2, 0) is 5.41 Å². The molecule has 1 aromatic carbocycles. The van der Waals surface area contributed by atoms with Gasteiger partial charge in [0.15, 0.2) is 0 Å². The van der Waals surface area contributed by atoms with Crippen molar-refractivity contribution in [2.24, 2.45) is 0 Å². The Morgan fingerprint density at radius 1 is 1.10 bits per heavy atom. The molecule has 1 radical (unpaired) electrons. The molecule has 0 aromatic heterocycles. The average Bonchev–Trinajstić information content (AvgIpc) is 1.88. The molecule has 53 valence electrons. The van der Waals surface area contributed by atoms with E-state index in [4.69, 9.17) is 0 Å². The maximum Gasteiger partial charge on any atom is -0.0103 e. The molecule has 0 aliphatic carbocycles. The molecular formula is C10H13. The molecule has 0 bridgehead atoms. The van der Waals surface area contributed by atoms with Gasteiger partial charge in [-0.3, -0.25) is 0 Å². The van der Waals surface area contributed by atoms with Crippen LogP contribution in [-0.4, -0.2) is 0 Å². The van der Waals surface area contributed by atoms with Crippen molar-refractivity contribution in [1.29, 1.82) is 0 Å². The minimum atomic E-state index is 0.0429. The second kappa shape index (κ2) is 2.45. The molecule has 0 saturated carbocycles. The van der Waals surface area contributed by atoms with Gasteiger partial charge in [-0.05, 0) is 17.9 Å². The standard InChI is InChI=1S/C10H13/c1-10(2,3)9-7-5-4-6-8-9/h4-8H,1H2,2-3H3. The fourth-order valence-corrected chi connectivity index (χ4v) is 0.889. The first-order chi connectivity index (χ1) is 4.61. The van der Waals surface area contributed by atoms with E-state index in [0.717, 1.165) is 0 Å². The summed E-state index contributed by atoms with van der Waals surface area (Å²) in [6.07, 6.45) is 0. The summed E-state index contributed by atoms with van der Waals surface area (Å²) in [5.41, 5.74) is 1.33. The Labute approximate surface area is 62.9 Å². The van der Waals surface area contributed by atoms with E-state index in [-0.39, 0.29) is 5.41 Å². The van der Waals surface area contributed by atoms with Crippen molar-refractivity contribution in [2.45, 2.75) is 19.3 Å². The van der Waals surface area contributed by atoms with Gasteiger partial charge in [-0.25, -0.2) is 0 Å². The smallest absolute Gasteiger partial charge is 0.0103 e. The number of benzene rings is 1. The first-order valence-electron chi connectivity index (χ1n) is 3.51. The molecule has 0 nitrogen and oxygen atoms in total. The third kappa shape index (κ3) is 1.60. The molecule has 0 spiro atoms. The average molecular weight is 133 g/mol. The molecule has 0 unspecified atom stereocenters. The quantitative estimate of drug-likeness (QED) is 0.552. The van der Waals surface area contributed by atoms with Crippen LogP contribution in [0.3, 0.4) is 0 Å². The second-order valence-electron chi connectivity index (χ2n) is 3.25. The van der Waals surface area contributed by atoms with E-state index in [9.17, 15) is 0 Å². The molecule has 0 aliphatic rings.